The maximum atomic E-state index is 12.0. The second kappa shape index (κ2) is 5.10. The summed E-state index contributed by atoms with van der Waals surface area (Å²) >= 11 is 0. The Morgan fingerprint density at radius 2 is 1.68 bits per heavy atom. The van der Waals surface area contributed by atoms with Gasteiger partial charge in [-0.2, -0.15) is 0 Å². The third kappa shape index (κ3) is 2.57. The van der Waals surface area contributed by atoms with Crippen LogP contribution in [0.25, 0.3) is 10.8 Å². The summed E-state index contributed by atoms with van der Waals surface area (Å²) in [6.45, 7) is 0. The second-order valence-corrected chi connectivity index (χ2v) is 4.57. The SMILES string of the molecule is CN(C)c1ccc(C(=O)CC(=O)O)c2ccccc12. The number of carboxylic acid groups (broad SMARTS) is 1. The summed E-state index contributed by atoms with van der Waals surface area (Å²) in [6, 6.07) is 11.1. The van der Waals surface area contributed by atoms with Crippen molar-refractivity contribution < 1.29 is 14.7 Å². The van der Waals surface area contributed by atoms with E-state index in [1.807, 2.05) is 49.3 Å². The molecule has 1 N–H and O–H groups in total. The molecule has 0 amide bonds. The van der Waals surface area contributed by atoms with Crippen molar-refractivity contribution in [2.75, 3.05) is 19.0 Å². The number of ketones is 1. The van der Waals surface area contributed by atoms with Crippen LogP contribution >= 0.6 is 0 Å². The van der Waals surface area contributed by atoms with Gasteiger partial charge >= 0.3 is 5.97 Å². The molecule has 0 atom stereocenters. The lowest BCUT2D eigenvalue weighted by Gasteiger charge is -2.17. The van der Waals surface area contributed by atoms with E-state index < -0.39 is 12.4 Å². The van der Waals surface area contributed by atoms with Gasteiger partial charge in [0.05, 0.1) is 0 Å². The average Bonchev–Trinajstić information content (AvgIpc) is 2.36. The average molecular weight is 257 g/mol. The number of carbonyl (C=O) groups is 2. The molecule has 0 aliphatic heterocycles. The Balaban J connectivity index is 2.62. The van der Waals surface area contributed by atoms with Gasteiger partial charge in [0, 0.05) is 30.7 Å². The standard InChI is InChI=1S/C15H15NO3/c1-16(2)13-8-7-12(14(17)9-15(18)19)10-5-3-4-6-11(10)13/h3-8H,9H2,1-2H3,(H,18,19). The molecule has 2 aromatic rings. The number of aliphatic carboxylic acids is 1. The van der Waals surface area contributed by atoms with Crippen LogP contribution in [0.4, 0.5) is 5.69 Å². The summed E-state index contributed by atoms with van der Waals surface area (Å²) in [5.74, 6) is -1.47. The van der Waals surface area contributed by atoms with Gasteiger partial charge in [-0.05, 0) is 17.5 Å². The summed E-state index contributed by atoms with van der Waals surface area (Å²) < 4.78 is 0. The van der Waals surface area contributed by atoms with E-state index in [-0.39, 0.29) is 5.78 Å². The fraction of sp³-hybridized carbons (Fsp3) is 0.200. The molecule has 2 aromatic carbocycles. The Labute approximate surface area is 111 Å². The molecule has 0 heterocycles. The Morgan fingerprint density at radius 3 is 2.26 bits per heavy atom. The van der Waals surface area contributed by atoms with Crippen LogP contribution in [0, 0.1) is 0 Å². The van der Waals surface area contributed by atoms with Gasteiger partial charge in [0.1, 0.15) is 6.42 Å². The topological polar surface area (TPSA) is 57.6 Å². The number of rotatable bonds is 4. The summed E-state index contributed by atoms with van der Waals surface area (Å²) in [5, 5.41) is 10.5. The van der Waals surface area contributed by atoms with Crippen molar-refractivity contribution in [3.63, 3.8) is 0 Å². The predicted octanol–water partition coefficient (Wildman–Crippen LogP) is 2.56. The largest absolute Gasteiger partial charge is 0.481 e. The zero-order valence-corrected chi connectivity index (χ0v) is 10.9. The van der Waals surface area contributed by atoms with Gasteiger partial charge in [-0.15, -0.1) is 0 Å². The van der Waals surface area contributed by atoms with Crippen molar-refractivity contribution >= 4 is 28.2 Å². The Morgan fingerprint density at radius 1 is 1.05 bits per heavy atom. The monoisotopic (exact) mass is 257 g/mol. The Bertz CT molecular complexity index is 647. The lowest BCUT2D eigenvalue weighted by molar-refractivity contribution is -0.135. The molecular weight excluding hydrogens is 242 g/mol. The van der Waals surface area contributed by atoms with E-state index in [0.29, 0.717) is 5.56 Å². The number of nitrogens with zero attached hydrogens (tertiary/aromatic N) is 1. The van der Waals surface area contributed by atoms with Crippen LogP contribution in [0.1, 0.15) is 16.8 Å². The van der Waals surface area contributed by atoms with Gasteiger partial charge in [-0.1, -0.05) is 24.3 Å². The highest BCUT2D eigenvalue weighted by atomic mass is 16.4. The number of anilines is 1. The third-order valence-corrected chi connectivity index (χ3v) is 3.00. The van der Waals surface area contributed by atoms with E-state index in [1.54, 1.807) is 6.07 Å². The minimum atomic E-state index is -1.11. The zero-order valence-electron chi connectivity index (χ0n) is 10.9. The van der Waals surface area contributed by atoms with Gasteiger partial charge < -0.3 is 10.0 Å². The fourth-order valence-corrected chi connectivity index (χ4v) is 2.15. The number of benzene rings is 2. The maximum absolute atomic E-state index is 12.0. The lowest BCUT2D eigenvalue weighted by Crippen LogP contribution is -2.11. The van der Waals surface area contributed by atoms with Crippen molar-refractivity contribution in [1.82, 2.24) is 0 Å². The first-order valence-electron chi connectivity index (χ1n) is 5.95. The predicted molar refractivity (Wildman–Crippen MR) is 74.9 cm³/mol. The lowest BCUT2D eigenvalue weighted by atomic mass is 9.98. The smallest absolute Gasteiger partial charge is 0.311 e. The number of carboxylic acids is 1. The van der Waals surface area contributed by atoms with Crippen LogP contribution in [0.5, 0.6) is 0 Å². The van der Waals surface area contributed by atoms with Crippen molar-refractivity contribution in [3.05, 3.63) is 42.0 Å². The Kier molecular flexibility index (Phi) is 3.51. The van der Waals surface area contributed by atoms with Crippen LogP contribution in [0.2, 0.25) is 0 Å². The third-order valence-electron chi connectivity index (χ3n) is 3.00. The highest BCUT2D eigenvalue weighted by Crippen LogP contribution is 2.29. The number of hydrogen-bond donors (Lipinski definition) is 1. The minimum absolute atomic E-state index is 0.367. The molecule has 19 heavy (non-hydrogen) atoms. The highest BCUT2D eigenvalue weighted by molar-refractivity contribution is 6.15. The van der Waals surface area contributed by atoms with Crippen LogP contribution in [0.15, 0.2) is 36.4 Å². The highest BCUT2D eigenvalue weighted by Gasteiger charge is 2.15. The van der Waals surface area contributed by atoms with Gasteiger partial charge in [-0.3, -0.25) is 9.59 Å². The van der Waals surface area contributed by atoms with E-state index in [0.717, 1.165) is 16.5 Å². The molecule has 0 spiro atoms. The first-order chi connectivity index (χ1) is 9.00. The number of fused-ring (bicyclic) bond motifs is 1. The number of Topliss-reactive ketones (excluding diaryl/α,β-unsaturated/α-hetero) is 1. The molecule has 0 bridgehead atoms. The van der Waals surface area contributed by atoms with Crippen molar-refractivity contribution in [1.29, 1.82) is 0 Å². The summed E-state index contributed by atoms with van der Waals surface area (Å²) in [5.41, 5.74) is 1.46. The summed E-state index contributed by atoms with van der Waals surface area (Å²) in [4.78, 5) is 24.6. The van der Waals surface area contributed by atoms with Crippen LogP contribution in [0.3, 0.4) is 0 Å². The van der Waals surface area contributed by atoms with E-state index in [9.17, 15) is 9.59 Å². The number of hydrogen-bond acceptors (Lipinski definition) is 3. The van der Waals surface area contributed by atoms with Crippen molar-refractivity contribution in [3.8, 4) is 0 Å². The van der Waals surface area contributed by atoms with Gasteiger partial charge in [-0.25, -0.2) is 0 Å². The molecule has 0 aromatic heterocycles. The molecular formula is C15H15NO3. The summed E-state index contributed by atoms with van der Waals surface area (Å²) in [6.07, 6.45) is -0.481. The molecule has 4 heteroatoms. The van der Waals surface area contributed by atoms with E-state index in [4.69, 9.17) is 5.11 Å². The van der Waals surface area contributed by atoms with E-state index in [2.05, 4.69) is 0 Å². The molecule has 4 nitrogen and oxygen atoms in total. The summed E-state index contributed by atoms with van der Waals surface area (Å²) in [7, 11) is 3.86. The Hall–Kier alpha value is -2.36. The molecule has 2 rings (SSSR count). The van der Waals surface area contributed by atoms with Crippen molar-refractivity contribution in [2.45, 2.75) is 6.42 Å². The molecule has 0 saturated heterocycles. The van der Waals surface area contributed by atoms with E-state index in [1.165, 1.54) is 0 Å². The van der Waals surface area contributed by atoms with Crippen LogP contribution in [-0.4, -0.2) is 31.0 Å². The maximum Gasteiger partial charge on any atom is 0.311 e. The normalized spacial score (nSPS) is 10.4. The van der Waals surface area contributed by atoms with Crippen LogP contribution in [-0.2, 0) is 4.79 Å². The molecule has 0 saturated carbocycles. The number of carbonyl (C=O) groups excluding carboxylic acids is 1. The zero-order chi connectivity index (χ0) is 14.0. The van der Waals surface area contributed by atoms with Gasteiger partial charge in [0.15, 0.2) is 5.78 Å². The molecule has 0 fully saturated rings. The molecule has 0 aliphatic rings. The van der Waals surface area contributed by atoms with Crippen molar-refractivity contribution in [2.24, 2.45) is 0 Å². The molecule has 98 valence electrons. The fourth-order valence-electron chi connectivity index (χ4n) is 2.15. The van der Waals surface area contributed by atoms with Gasteiger partial charge in [0.25, 0.3) is 0 Å². The van der Waals surface area contributed by atoms with E-state index >= 15 is 0 Å². The first kappa shape index (κ1) is 13.1. The molecule has 0 unspecified atom stereocenters. The second-order valence-electron chi connectivity index (χ2n) is 4.57. The van der Waals surface area contributed by atoms with Gasteiger partial charge in [0.2, 0.25) is 0 Å². The molecule has 0 radical (unpaired) electrons. The minimum Gasteiger partial charge on any atom is -0.481 e. The quantitative estimate of drug-likeness (QED) is 0.675. The first-order valence-corrected chi connectivity index (χ1v) is 5.95. The van der Waals surface area contributed by atoms with Crippen LogP contribution < -0.4 is 4.90 Å². The molecule has 0 aliphatic carbocycles.